The fourth-order valence-corrected chi connectivity index (χ4v) is 8.77. The lowest BCUT2D eigenvalue weighted by Gasteiger charge is -2.22. The summed E-state index contributed by atoms with van der Waals surface area (Å²) in [5, 5.41) is 15.3. The van der Waals surface area contributed by atoms with Gasteiger partial charge in [0.1, 0.15) is 17.2 Å². The van der Waals surface area contributed by atoms with E-state index < -0.39 is 7.12 Å². The maximum Gasteiger partial charge on any atom is 0.634 e. The molecule has 0 saturated heterocycles. The summed E-state index contributed by atoms with van der Waals surface area (Å²) in [6.45, 7) is 9.00. The van der Waals surface area contributed by atoms with E-state index in [0.717, 1.165) is 60.7 Å². The Labute approximate surface area is 292 Å². The van der Waals surface area contributed by atoms with Crippen molar-refractivity contribution in [3.8, 4) is 45.3 Å². The fourth-order valence-electron chi connectivity index (χ4n) is 8.77. The first-order valence-electron chi connectivity index (χ1n) is 17.2. The quantitative estimate of drug-likeness (QED) is 0.153. The third kappa shape index (κ3) is 3.96. The molecule has 7 aromatic carbocycles. The predicted molar refractivity (Wildman–Crippen MR) is 204 cm³/mol. The van der Waals surface area contributed by atoms with Gasteiger partial charge < -0.3 is 19.1 Å². The molecule has 0 amide bonds. The van der Waals surface area contributed by atoms with Crippen LogP contribution in [0.5, 0.6) is 23.0 Å². The predicted octanol–water partition coefficient (Wildman–Crippen LogP) is 8.80. The third-order valence-electron chi connectivity index (χ3n) is 11.3. The molecular weight excluding hydrogens is 614 g/mol. The molecule has 1 aliphatic heterocycles. The SMILES string of the molecule is CC1(C)c2ccccc2-c2cc(O)c(O[B]c3c4ccccc4c(B4Oc5cc6c(cc5O4)C(C)(C)c4ccccc4-6)c4ccccc34)cc21. The van der Waals surface area contributed by atoms with E-state index in [4.69, 9.17) is 14.0 Å². The van der Waals surface area contributed by atoms with Gasteiger partial charge in [-0.05, 0) is 95.8 Å². The van der Waals surface area contributed by atoms with Crippen LogP contribution in [0, 0.1) is 0 Å². The molecule has 239 valence electrons. The molecule has 7 aromatic rings. The van der Waals surface area contributed by atoms with Crippen LogP contribution < -0.4 is 24.9 Å². The van der Waals surface area contributed by atoms with Gasteiger partial charge in [-0.1, -0.05) is 125 Å². The van der Waals surface area contributed by atoms with Gasteiger partial charge in [-0.25, -0.2) is 0 Å². The van der Waals surface area contributed by atoms with Gasteiger partial charge in [0.15, 0.2) is 5.75 Å². The zero-order valence-electron chi connectivity index (χ0n) is 28.4. The van der Waals surface area contributed by atoms with Crippen LogP contribution in [0.4, 0.5) is 0 Å². The summed E-state index contributed by atoms with van der Waals surface area (Å²) in [6, 6.07) is 41.8. The minimum absolute atomic E-state index is 0.112. The summed E-state index contributed by atoms with van der Waals surface area (Å²) in [5.74, 6) is 2.06. The molecule has 0 unspecified atom stereocenters. The lowest BCUT2D eigenvalue weighted by atomic mass is 9.69. The smallest absolute Gasteiger partial charge is 0.555 e. The van der Waals surface area contributed by atoms with Crippen LogP contribution in [0.3, 0.4) is 0 Å². The zero-order valence-corrected chi connectivity index (χ0v) is 28.4. The van der Waals surface area contributed by atoms with Crippen molar-refractivity contribution >= 4 is 47.1 Å². The molecule has 0 atom stereocenters. The van der Waals surface area contributed by atoms with Crippen molar-refractivity contribution in [2.24, 2.45) is 0 Å². The lowest BCUT2D eigenvalue weighted by molar-refractivity contribution is 0.444. The highest BCUT2D eigenvalue weighted by Gasteiger charge is 2.42. The van der Waals surface area contributed by atoms with Crippen molar-refractivity contribution in [3.05, 3.63) is 144 Å². The van der Waals surface area contributed by atoms with E-state index in [1.165, 1.54) is 27.8 Å². The zero-order chi connectivity index (χ0) is 33.9. The molecule has 0 aromatic heterocycles. The Bertz CT molecular complexity index is 2530. The van der Waals surface area contributed by atoms with Gasteiger partial charge in [0.05, 0.1) is 0 Å². The van der Waals surface area contributed by atoms with Gasteiger partial charge in [0.25, 0.3) is 0 Å². The molecule has 4 nitrogen and oxygen atoms in total. The van der Waals surface area contributed by atoms with Gasteiger partial charge in [0, 0.05) is 16.3 Å². The normalized spacial score (nSPS) is 15.5. The van der Waals surface area contributed by atoms with E-state index in [2.05, 4.69) is 107 Å². The van der Waals surface area contributed by atoms with Crippen LogP contribution in [0.2, 0.25) is 0 Å². The number of phenolic OH excluding ortho intramolecular Hbond substituents is 1. The maximum atomic E-state index is 11.2. The molecule has 0 fully saturated rings. The average molecular weight is 647 g/mol. The minimum Gasteiger partial charge on any atom is -0.555 e. The second-order valence-electron chi connectivity index (χ2n) is 14.8. The molecule has 10 rings (SSSR count). The van der Waals surface area contributed by atoms with Gasteiger partial charge in [0.2, 0.25) is 0 Å². The first-order valence-corrected chi connectivity index (χ1v) is 17.2. The summed E-state index contributed by atoms with van der Waals surface area (Å²) in [4.78, 5) is 0. The molecule has 50 heavy (non-hydrogen) atoms. The van der Waals surface area contributed by atoms with E-state index in [1.807, 2.05) is 42.5 Å². The highest BCUT2D eigenvalue weighted by molar-refractivity contribution is 6.71. The fraction of sp³-hybridized carbons (Fsp3) is 0.136. The van der Waals surface area contributed by atoms with Gasteiger partial charge >= 0.3 is 14.6 Å². The minimum atomic E-state index is -0.625. The first-order chi connectivity index (χ1) is 24.2. The van der Waals surface area contributed by atoms with Gasteiger partial charge in [-0.15, -0.1) is 0 Å². The Hall–Kier alpha value is -5.61. The molecule has 1 heterocycles. The Morgan fingerprint density at radius 1 is 0.540 bits per heavy atom. The van der Waals surface area contributed by atoms with Crippen LogP contribution in [0.1, 0.15) is 49.9 Å². The number of fused-ring (bicyclic) bond motifs is 9. The van der Waals surface area contributed by atoms with Crippen molar-refractivity contribution in [1.82, 2.24) is 0 Å². The summed E-state index contributed by atoms with van der Waals surface area (Å²) in [5.41, 5.74) is 11.2. The lowest BCUT2D eigenvalue weighted by Crippen LogP contribution is -2.41. The molecule has 0 saturated carbocycles. The van der Waals surface area contributed by atoms with Crippen LogP contribution in [0.25, 0.3) is 43.8 Å². The molecule has 0 spiro atoms. The van der Waals surface area contributed by atoms with Crippen molar-refractivity contribution in [1.29, 1.82) is 0 Å². The standard InChI is InChI=1S/C44H33B2O4/c1-43(2)33-19-11-9-13-25(33)31-21-37(47)38(23-35(31)43)48-45-41-27-15-5-7-17-29(27)42(30-18-8-6-16-28(30)41)46-49-39-22-32-26-14-10-12-20-34(26)44(3,4)36(32)24-40(39)50-46/h5-24,47H,1-4H3. The van der Waals surface area contributed by atoms with Crippen molar-refractivity contribution in [2.45, 2.75) is 38.5 Å². The molecule has 1 radical (unpaired) electrons. The Morgan fingerprint density at radius 3 is 1.62 bits per heavy atom. The number of phenols is 1. The molecule has 3 aliphatic rings. The van der Waals surface area contributed by atoms with Crippen LogP contribution in [-0.4, -0.2) is 19.7 Å². The number of rotatable bonds is 4. The molecule has 2 aliphatic carbocycles. The highest BCUT2D eigenvalue weighted by atomic mass is 16.6. The topological polar surface area (TPSA) is 47.9 Å². The summed E-state index contributed by atoms with van der Waals surface area (Å²) in [6.07, 6.45) is 0. The summed E-state index contributed by atoms with van der Waals surface area (Å²) < 4.78 is 19.8. The second kappa shape index (κ2) is 10.2. The van der Waals surface area contributed by atoms with E-state index >= 15 is 0 Å². The number of aromatic hydroxyl groups is 1. The Kier molecular flexibility index (Phi) is 5.99. The Morgan fingerprint density at radius 2 is 1.02 bits per heavy atom. The number of hydrogen-bond acceptors (Lipinski definition) is 4. The Balaban J connectivity index is 1.05. The van der Waals surface area contributed by atoms with E-state index in [0.29, 0.717) is 5.75 Å². The van der Waals surface area contributed by atoms with Crippen LogP contribution in [0.15, 0.2) is 121 Å². The third-order valence-corrected chi connectivity index (χ3v) is 11.3. The van der Waals surface area contributed by atoms with E-state index in [1.54, 1.807) is 7.48 Å². The van der Waals surface area contributed by atoms with Gasteiger partial charge in [-0.3, -0.25) is 0 Å². The summed E-state index contributed by atoms with van der Waals surface area (Å²) in [7, 11) is 1.15. The van der Waals surface area contributed by atoms with Crippen LogP contribution in [-0.2, 0) is 10.8 Å². The average Bonchev–Trinajstić information content (AvgIpc) is 3.71. The highest BCUT2D eigenvalue weighted by Crippen LogP contribution is 2.53. The number of benzene rings is 7. The molecule has 6 heteroatoms. The monoisotopic (exact) mass is 647 g/mol. The van der Waals surface area contributed by atoms with Crippen molar-refractivity contribution in [3.63, 3.8) is 0 Å². The molecule has 1 N–H and O–H groups in total. The van der Waals surface area contributed by atoms with E-state index in [9.17, 15) is 5.11 Å². The van der Waals surface area contributed by atoms with E-state index in [-0.39, 0.29) is 16.6 Å². The molecular formula is C44H33B2O4. The van der Waals surface area contributed by atoms with Crippen molar-refractivity contribution in [2.75, 3.05) is 0 Å². The van der Waals surface area contributed by atoms with Crippen LogP contribution >= 0.6 is 0 Å². The van der Waals surface area contributed by atoms with Gasteiger partial charge in [-0.2, -0.15) is 0 Å². The summed E-state index contributed by atoms with van der Waals surface area (Å²) >= 11 is 0. The molecule has 0 bridgehead atoms. The largest absolute Gasteiger partial charge is 0.634 e. The second-order valence-corrected chi connectivity index (χ2v) is 14.8. The number of hydrogen-bond donors (Lipinski definition) is 1. The van der Waals surface area contributed by atoms with Crippen molar-refractivity contribution < 1.29 is 19.1 Å². The maximum absolute atomic E-state index is 11.2. The first kappa shape index (κ1) is 29.3.